The van der Waals surface area contributed by atoms with Gasteiger partial charge in [0, 0.05) is 12.0 Å². The van der Waals surface area contributed by atoms with Gasteiger partial charge in [0.1, 0.15) is 18.1 Å². The molecule has 0 saturated heterocycles. The SMILES string of the molecule is COc1ccc(-c2cccc3nc(Cc4ccc(OCCO)cc4)nn23)cc1. The first kappa shape index (κ1) is 18.0. The van der Waals surface area contributed by atoms with Crippen LogP contribution in [0.1, 0.15) is 11.4 Å². The van der Waals surface area contributed by atoms with Crippen LogP contribution in [0.4, 0.5) is 0 Å². The Morgan fingerprint density at radius 2 is 1.68 bits per heavy atom. The number of aromatic nitrogens is 3. The van der Waals surface area contributed by atoms with E-state index in [0.717, 1.165) is 39.8 Å². The van der Waals surface area contributed by atoms with Crippen LogP contribution >= 0.6 is 0 Å². The van der Waals surface area contributed by atoms with E-state index in [4.69, 9.17) is 19.7 Å². The smallest absolute Gasteiger partial charge is 0.156 e. The zero-order valence-electron chi connectivity index (χ0n) is 15.6. The highest BCUT2D eigenvalue weighted by molar-refractivity contribution is 5.63. The molecule has 0 atom stereocenters. The van der Waals surface area contributed by atoms with Crippen LogP contribution in [0.25, 0.3) is 16.9 Å². The Hall–Kier alpha value is -3.38. The molecular formula is C22H21N3O3. The fourth-order valence-electron chi connectivity index (χ4n) is 3.05. The van der Waals surface area contributed by atoms with E-state index in [1.165, 1.54) is 0 Å². The van der Waals surface area contributed by atoms with Crippen LogP contribution in [0.15, 0.2) is 66.7 Å². The van der Waals surface area contributed by atoms with Gasteiger partial charge in [-0.2, -0.15) is 5.10 Å². The van der Waals surface area contributed by atoms with Crippen molar-refractivity contribution in [2.45, 2.75) is 6.42 Å². The summed E-state index contributed by atoms with van der Waals surface area (Å²) in [6.45, 7) is 0.297. The predicted octanol–water partition coefficient (Wildman–Crippen LogP) is 3.37. The largest absolute Gasteiger partial charge is 0.497 e. The van der Waals surface area contributed by atoms with Crippen molar-refractivity contribution in [2.24, 2.45) is 0 Å². The molecule has 1 N–H and O–H groups in total. The minimum atomic E-state index is 0.00342. The Kier molecular flexibility index (Phi) is 5.21. The Labute approximate surface area is 163 Å². The number of pyridine rings is 1. The number of aliphatic hydroxyl groups excluding tert-OH is 1. The van der Waals surface area contributed by atoms with Crippen LogP contribution in [-0.2, 0) is 6.42 Å². The highest BCUT2D eigenvalue weighted by Gasteiger charge is 2.10. The van der Waals surface area contributed by atoms with Gasteiger partial charge in [0.2, 0.25) is 0 Å². The van der Waals surface area contributed by atoms with E-state index in [9.17, 15) is 0 Å². The summed E-state index contributed by atoms with van der Waals surface area (Å²) >= 11 is 0. The second kappa shape index (κ2) is 8.10. The number of hydrogen-bond donors (Lipinski definition) is 1. The van der Waals surface area contributed by atoms with Gasteiger partial charge in [0.25, 0.3) is 0 Å². The molecule has 4 rings (SSSR count). The summed E-state index contributed by atoms with van der Waals surface area (Å²) in [6.07, 6.45) is 0.629. The number of ether oxygens (including phenoxy) is 2. The maximum Gasteiger partial charge on any atom is 0.156 e. The number of methoxy groups -OCH3 is 1. The molecule has 4 aromatic rings. The molecule has 0 radical (unpaired) electrons. The Morgan fingerprint density at radius 1 is 0.929 bits per heavy atom. The average Bonchev–Trinajstić information content (AvgIpc) is 3.16. The lowest BCUT2D eigenvalue weighted by molar-refractivity contribution is 0.201. The summed E-state index contributed by atoms with van der Waals surface area (Å²) in [7, 11) is 1.66. The molecule has 6 heteroatoms. The normalized spacial score (nSPS) is 10.9. The lowest BCUT2D eigenvalue weighted by Crippen LogP contribution is -2.01. The molecule has 0 aliphatic rings. The van der Waals surface area contributed by atoms with E-state index < -0.39 is 0 Å². The van der Waals surface area contributed by atoms with E-state index >= 15 is 0 Å². The molecule has 0 amide bonds. The summed E-state index contributed by atoms with van der Waals surface area (Å²) in [5.41, 5.74) is 3.93. The van der Waals surface area contributed by atoms with E-state index in [2.05, 4.69) is 4.98 Å². The molecule has 6 nitrogen and oxygen atoms in total. The van der Waals surface area contributed by atoms with Crippen molar-refractivity contribution in [1.82, 2.24) is 14.6 Å². The van der Waals surface area contributed by atoms with Crippen molar-refractivity contribution in [2.75, 3.05) is 20.3 Å². The number of nitrogens with zero attached hydrogens (tertiary/aromatic N) is 3. The number of hydrogen-bond acceptors (Lipinski definition) is 5. The average molecular weight is 375 g/mol. The first-order valence-electron chi connectivity index (χ1n) is 9.08. The maximum atomic E-state index is 8.83. The lowest BCUT2D eigenvalue weighted by Gasteiger charge is -2.05. The van der Waals surface area contributed by atoms with Crippen LogP contribution in [0.5, 0.6) is 11.5 Å². The molecular weight excluding hydrogens is 354 g/mol. The van der Waals surface area contributed by atoms with Crippen molar-refractivity contribution in [3.05, 3.63) is 78.1 Å². The van der Waals surface area contributed by atoms with Crippen molar-refractivity contribution in [3.63, 3.8) is 0 Å². The Balaban J connectivity index is 1.59. The fourth-order valence-corrected chi connectivity index (χ4v) is 3.05. The van der Waals surface area contributed by atoms with Crippen LogP contribution < -0.4 is 9.47 Å². The molecule has 0 spiro atoms. The monoisotopic (exact) mass is 375 g/mol. The van der Waals surface area contributed by atoms with Gasteiger partial charge in [0.15, 0.2) is 11.5 Å². The van der Waals surface area contributed by atoms with Gasteiger partial charge in [0.05, 0.1) is 19.4 Å². The van der Waals surface area contributed by atoms with Gasteiger partial charge < -0.3 is 14.6 Å². The van der Waals surface area contributed by atoms with Crippen LogP contribution in [-0.4, -0.2) is 40.0 Å². The molecule has 142 valence electrons. The second-order valence-corrected chi connectivity index (χ2v) is 6.33. The molecule has 0 bridgehead atoms. The highest BCUT2D eigenvalue weighted by atomic mass is 16.5. The Bertz CT molecular complexity index is 1060. The maximum absolute atomic E-state index is 8.83. The molecule has 2 aromatic carbocycles. The molecule has 0 unspecified atom stereocenters. The summed E-state index contributed by atoms with van der Waals surface area (Å²) in [5.74, 6) is 2.31. The summed E-state index contributed by atoms with van der Waals surface area (Å²) < 4.78 is 12.5. The molecule has 0 fully saturated rings. The molecule has 0 aliphatic heterocycles. The molecule has 2 aromatic heterocycles. The molecule has 0 aliphatic carbocycles. The lowest BCUT2D eigenvalue weighted by atomic mass is 10.1. The number of rotatable bonds is 7. The van der Waals surface area contributed by atoms with Crippen LogP contribution in [0, 0.1) is 0 Å². The first-order chi connectivity index (χ1) is 13.8. The first-order valence-corrected chi connectivity index (χ1v) is 9.08. The minimum Gasteiger partial charge on any atom is -0.497 e. The zero-order chi connectivity index (χ0) is 19.3. The van der Waals surface area contributed by atoms with Gasteiger partial charge in [-0.15, -0.1) is 0 Å². The minimum absolute atomic E-state index is 0.00342. The summed E-state index contributed by atoms with van der Waals surface area (Å²) in [5, 5.41) is 13.5. The second-order valence-electron chi connectivity index (χ2n) is 6.33. The van der Waals surface area contributed by atoms with Gasteiger partial charge in [-0.3, -0.25) is 0 Å². The van der Waals surface area contributed by atoms with Crippen molar-refractivity contribution in [3.8, 4) is 22.8 Å². The summed E-state index contributed by atoms with van der Waals surface area (Å²) in [4.78, 5) is 4.66. The third-order valence-corrected chi connectivity index (χ3v) is 4.44. The van der Waals surface area contributed by atoms with Gasteiger partial charge in [-0.25, -0.2) is 9.50 Å². The quantitative estimate of drug-likeness (QED) is 0.536. The summed E-state index contributed by atoms with van der Waals surface area (Å²) in [6, 6.07) is 21.6. The molecule has 28 heavy (non-hydrogen) atoms. The van der Waals surface area contributed by atoms with E-state index in [1.807, 2.05) is 71.2 Å². The number of benzene rings is 2. The standard InChI is InChI=1S/C22H21N3O3/c1-27-18-11-7-17(8-12-18)20-3-2-4-22-23-21(24-25(20)22)15-16-5-9-19(10-6-16)28-14-13-26/h2-12,26H,13-15H2,1H3. The molecule has 2 heterocycles. The van der Waals surface area contributed by atoms with Gasteiger partial charge in [-0.05, 0) is 54.1 Å². The topological polar surface area (TPSA) is 68.9 Å². The predicted molar refractivity (Wildman–Crippen MR) is 107 cm³/mol. The van der Waals surface area contributed by atoms with Crippen molar-refractivity contribution < 1.29 is 14.6 Å². The van der Waals surface area contributed by atoms with Gasteiger partial charge in [-0.1, -0.05) is 18.2 Å². The van der Waals surface area contributed by atoms with Gasteiger partial charge >= 0.3 is 0 Å². The van der Waals surface area contributed by atoms with Crippen molar-refractivity contribution >= 4 is 5.65 Å². The third-order valence-electron chi connectivity index (χ3n) is 4.44. The van der Waals surface area contributed by atoms with E-state index in [0.29, 0.717) is 13.0 Å². The van der Waals surface area contributed by atoms with E-state index in [-0.39, 0.29) is 6.61 Å². The highest BCUT2D eigenvalue weighted by Crippen LogP contribution is 2.23. The number of fused-ring (bicyclic) bond motifs is 1. The van der Waals surface area contributed by atoms with Crippen molar-refractivity contribution in [1.29, 1.82) is 0 Å². The third kappa shape index (κ3) is 3.82. The fraction of sp³-hybridized carbons (Fsp3) is 0.182. The number of aliphatic hydroxyl groups is 1. The van der Waals surface area contributed by atoms with E-state index in [1.54, 1.807) is 7.11 Å². The zero-order valence-corrected chi connectivity index (χ0v) is 15.6. The Morgan fingerprint density at radius 3 is 2.39 bits per heavy atom. The van der Waals surface area contributed by atoms with Crippen LogP contribution in [0.2, 0.25) is 0 Å². The van der Waals surface area contributed by atoms with Crippen LogP contribution in [0.3, 0.4) is 0 Å². The molecule has 0 saturated carbocycles.